The molecule has 2 amide bonds. The minimum atomic E-state index is -0.0145. The molecule has 1 saturated carbocycles. The Morgan fingerprint density at radius 3 is 2.28 bits per heavy atom. The Balaban J connectivity index is 1.51. The molecule has 154 valence electrons. The van der Waals surface area contributed by atoms with Gasteiger partial charge in [-0.15, -0.1) is 0 Å². The van der Waals surface area contributed by atoms with Gasteiger partial charge in [-0.1, -0.05) is 48.5 Å². The van der Waals surface area contributed by atoms with Gasteiger partial charge in [0.25, 0.3) is 0 Å². The number of rotatable bonds is 9. The average molecular weight is 394 g/mol. The van der Waals surface area contributed by atoms with Crippen molar-refractivity contribution in [1.82, 2.24) is 9.80 Å². The van der Waals surface area contributed by atoms with Gasteiger partial charge in [0.1, 0.15) is 0 Å². The zero-order valence-electron chi connectivity index (χ0n) is 17.6. The van der Waals surface area contributed by atoms with E-state index >= 15 is 0 Å². The Morgan fingerprint density at radius 1 is 1.00 bits per heavy atom. The Hall–Kier alpha value is -2.66. The van der Waals surface area contributed by atoms with E-state index in [2.05, 4.69) is 10.2 Å². The van der Waals surface area contributed by atoms with E-state index in [1.165, 1.54) is 0 Å². The molecular weight excluding hydrogens is 362 g/mol. The van der Waals surface area contributed by atoms with E-state index in [1.54, 1.807) is 4.90 Å². The van der Waals surface area contributed by atoms with Crippen molar-refractivity contribution < 1.29 is 9.59 Å². The Bertz CT molecular complexity index is 826. The van der Waals surface area contributed by atoms with Crippen molar-refractivity contribution in [2.75, 3.05) is 25.5 Å². The highest BCUT2D eigenvalue weighted by molar-refractivity contribution is 5.93. The zero-order valence-corrected chi connectivity index (χ0v) is 17.6. The number of hydrogen-bond acceptors (Lipinski definition) is 3. The predicted molar refractivity (Wildman–Crippen MR) is 117 cm³/mol. The molecule has 2 aromatic carbocycles. The van der Waals surface area contributed by atoms with Crippen LogP contribution in [0.3, 0.4) is 0 Å². The van der Waals surface area contributed by atoms with Gasteiger partial charge in [-0.05, 0) is 43.4 Å². The number of carbonyl (C=O) groups excluding carboxylic acids is 2. The minimum Gasteiger partial charge on any atom is -0.341 e. The first-order chi connectivity index (χ1) is 13.9. The summed E-state index contributed by atoms with van der Waals surface area (Å²) in [4.78, 5) is 29.1. The van der Waals surface area contributed by atoms with E-state index in [0.717, 1.165) is 35.2 Å². The van der Waals surface area contributed by atoms with Crippen molar-refractivity contribution in [1.29, 1.82) is 0 Å². The fraction of sp³-hybridized carbons (Fsp3) is 0.417. The summed E-state index contributed by atoms with van der Waals surface area (Å²) in [5.74, 6) is 0.0917. The minimum absolute atomic E-state index is 0.0145. The third-order valence-corrected chi connectivity index (χ3v) is 5.46. The number of aryl methyl sites for hydroxylation is 2. The van der Waals surface area contributed by atoms with Gasteiger partial charge in [0.15, 0.2) is 0 Å². The van der Waals surface area contributed by atoms with Gasteiger partial charge < -0.3 is 10.2 Å². The molecule has 5 nitrogen and oxygen atoms in total. The fourth-order valence-electron chi connectivity index (χ4n) is 3.58. The van der Waals surface area contributed by atoms with Crippen LogP contribution < -0.4 is 5.32 Å². The first kappa shape index (κ1) is 21.1. The average Bonchev–Trinajstić information content (AvgIpc) is 3.54. The number of amides is 2. The van der Waals surface area contributed by atoms with Gasteiger partial charge in [0.05, 0.1) is 6.54 Å². The van der Waals surface area contributed by atoms with Crippen LogP contribution in [0.15, 0.2) is 48.5 Å². The van der Waals surface area contributed by atoms with Gasteiger partial charge in [0.2, 0.25) is 11.8 Å². The molecule has 0 saturated heterocycles. The summed E-state index contributed by atoms with van der Waals surface area (Å²) in [7, 11) is 1.84. The van der Waals surface area contributed by atoms with Crippen molar-refractivity contribution >= 4 is 17.5 Å². The van der Waals surface area contributed by atoms with E-state index in [0.29, 0.717) is 32.1 Å². The lowest BCUT2D eigenvalue weighted by Crippen LogP contribution is -2.38. The Kier molecular flexibility index (Phi) is 7.04. The summed E-state index contributed by atoms with van der Waals surface area (Å²) in [6.07, 6.45) is 2.63. The number of hydrogen-bond donors (Lipinski definition) is 1. The topological polar surface area (TPSA) is 52.7 Å². The van der Waals surface area contributed by atoms with Crippen LogP contribution in [0, 0.1) is 13.8 Å². The molecular formula is C24H31N3O2. The molecule has 0 aliphatic heterocycles. The van der Waals surface area contributed by atoms with E-state index in [1.807, 2.05) is 69.4 Å². The summed E-state index contributed by atoms with van der Waals surface area (Å²) < 4.78 is 0. The monoisotopic (exact) mass is 393 g/mol. The molecule has 5 heteroatoms. The number of benzene rings is 2. The molecule has 0 heterocycles. The van der Waals surface area contributed by atoms with Gasteiger partial charge >= 0.3 is 0 Å². The number of anilines is 1. The number of carbonyl (C=O) groups is 2. The fourth-order valence-corrected chi connectivity index (χ4v) is 3.58. The van der Waals surface area contributed by atoms with Crippen LogP contribution >= 0.6 is 0 Å². The molecule has 1 aliphatic rings. The van der Waals surface area contributed by atoms with Crippen LogP contribution in [-0.4, -0.2) is 47.8 Å². The second-order valence-electron chi connectivity index (χ2n) is 8.00. The quantitative estimate of drug-likeness (QED) is 0.706. The smallest absolute Gasteiger partial charge is 0.238 e. The molecule has 3 rings (SSSR count). The molecule has 0 spiro atoms. The standard InChI is InChI=1S/C24H31N3O2/c1-18-8-7-9-19(2)24(18)25-22(28)17-27(21-12-13-21)15-14-23(29)26(3)16-20-10-5-4-6-11-20/h4-11,21H,12-17H2,1-3H3,(H,25,28). The Labute approximate surface area is 173 Å². The van der Waals surface area contributed by atoms with Crippen LogP contribution in [0.1, 0.15) is 36.0 Å². The van der Waals surface area contributed by atoms with Gasteiger partial charge in [-0.3, -0.25) is 14.5 Å². The lowest BCUT2D eigenvalue weighted by molar-refractivity contribution is -0.131. The molecule has 0 radical (unpaired) electrons. The highest BCUT2D eigenvalue weighted by Crippen LogP contribution is 2.27. The van der Waals surface area contributed by atoms with E-state index in [4.69, 9.17) is 0 Å². The summed E-state index contributed by atoms with van der Waals surface area (Å²) in [6, 6.07) is 16.4. The number of nitrogens with one attached hydrogen (secondary N) is 1. The van der Waals surface area contributed by atoms with Crippen molar-refractivity contribution in [3.8, 4) is 0 Å². The summed E-state index contributed by atoms with van der Waals surface area (Å²) >= 11 is 0. The molecule has 0 aromatic heterocycles. The number of para-hydroxylation sites is 1. The van der Waals surface area contributed by atoms with E-state index < -0.39 is 0 Å². The van der Waals surface area contributed by atoms with Crippen molar-refractivity contribution in [3.63, 3.8) is 0 Å². The summed E-state index contributed by atoms with van der Waals surface area (Å²) in [6.45, 7) is 5.55. The molecule has 0 bridgehead atoms. The molecule has 0 unspecified atom stereocenters. The first-order valence-electron chi connectivity index (χ1n) is 10.3. The highest BCUT2D eigenvalue weighted by Gasteiger charge is 2.30. The predicted octanol–water partition coefficient (Wildman–Crippen LogP) is 3.76. The molecule has 1 N–H and O–H groups in total. The third kappa shape index (κ3) is 6.16. The molecule has 29 heavy (non-hydrogen) atoms. The normalized spacial score (nSPS) is 13.4. The maximum absolute atomic E-state index is 12.6. The SMILES string of the molecule is Cc1cccc(C)c1NC(=O)CN(CCC(=O)N(C)Cc1ccccc1)C1CC1. The Morgan fingerprint density at radius 2 is 1.66 bits per heavy atom. The second-order valence-corrected chi connectivity index (χ2v) is 8.00. The zero-order chi connectivity index (χ0) is 20.8. The maximum Gasteiger partial charge on any atom is 0.238 e. The van der Waals surface area contributed by atoms with Gasteiger partial charge in [0, 0.05) is 38.3 Å². The van der Waals surface area contributed by atoms with Crippen LogP contribution in [0.5, 0.6) is 0 Å². The molecule has 1 aliphatic carbocycles. The first-order valence-corrected chi connectivity index (χ1v) is 10.3. The lowest BCUT2D eigenvalue weighted by atomic mass is 10.1. The van der Waals surface area contributed by atoms with Crippen LogP contribution in [0.2, 0.25) is 0 Å². The summed E-state index contributed by atoms with van der Waals surface area (Å²) in [5.41, 5.74) is 4.14. The highest BCUT2D eigenvalue weighted by atomic mass is 16.2. The number of nitrogens with zero attached hydrogens (tertiary/aromatic N) is 2. The van der Waals surface area contributed by atoms with E-state index in [-0.39, 0.29) is 11.8 Å². The molecule has 0 atom stereocenters. The van der Waals surface area contributed by atoms with Crippen LogP contribution in [0.4, 0.5) is 5.69 Å². The van der Waals surface area contributed by atoms with Crippen LogP contribution in [-0.2, 0) is 16.1 Å². The van der Waals surface area contributed by atoms with Crippen molar-refractivity contribution in [2.45, 2.75) is 45.7 Å². The third-order valence-electron chi connectivity index (χ3n) is 5.46. The van der Waals surface area contributed by atoms with Crippen LogP contribution in [0.25, 0.3) is 0 Å². The lowest BCUT2D eigenvalue weighted by Gasteiger charge is -2.23. The van der Waals surface area contributed by atoms with E-state index in [9.17, 15) is 9.59 Å². The van der Waals surface area contributed by atoms with Crippen molar-refractivity contribution in [3.05, 3.63) is 65.2 Å². The molecule has 1 fully saturated rings. The largest absolute Gasteiger partial charge is 0.341 e. The molecule has 2 aromatic rings. The summed E-state index contributed by atoms with van der Waals surface area (Å²) in [5, 5.41) is 3.06. The van der Waals surface area contributed by atoms with Gasteiger partial charge in [-0.25, -0.2) is 0 Å². The second kappa shape index (κ2) is 9.70. The van der Waals surface area contributed by atoms with Crippen molar-refractivity contribution in [2.24, 2.45) is 0 Å². The van der Waals surface area contributed by atoms with Gasteiger partial charge in [-0.2, -0.15) is 0 Å². The maximum atomic E-state index is 12.6.